The number of benzene rings is 2. The molecule has 4 rings (SSSR count). The van der Waals surface area contributed by atoms with Crippen molar-refractivity contribution in [1.29, 1.82) is 0 Å². The summed E-state index contributed by atoms with van der Waals surface area (Å²) in [6.45, 7) is 5.64. The number of aromatic nitrogens is 1. The van der Waals surface area contributed by atoms with Crippen molar-refractivity contribution in [3.05, 3.63) is 71.4 Å². The van der Waals surface area contributed by atoms with E-state index in [-0.39, 0.29) is 18.2 Å². The van der Waals surface area contributed by atoms with Crippen molar-refractivity contribution in [1.82, 2.24) is 9.88 Å². The molecule has 1 aromatic heterocycles. The van der Waals surface area contributed by atoms with Gasteiger partial charge < -0.3 is 9.72 Å². The highest BCUT2D eigenvalue weighted by molar-refractivity contribution is 7.91. The predicted molar refractivity (Wildman–Crippen MR) is 136 cm³/mol. The Labute approximate surface area is 203 Å². The van der Waals surface area contributed by atoms with Gasteiger partial charge in [-0.2, -0.15) is 0 Å². The van der Waals surface area contributed by atoms with Crippen molar-refractivity contribution < 1.29 is 13.2 Å². The highest BCUT2D eigenvalue weighted by Gasteiger charge is 2.25. The maximum atomic E-state index is 12.4. The van der Waals surface area contributed by atoms with Crippen LogP contribution in [-0.4, -0.2) is 37.7 Å². The fourth-order valence-electron chi connectivity index (χ4n) is 4.72. The van der Waals surface area contributed by atoms with Crippen molar-refractivity contribution >= 4 is 22.2 Å². The zero-order valence-corrected chi connectivity index (χ0v) is 21.1. The number of hydrogen-bond donors (Lipinski definition) is 1. The molecule has 1 heterocycles. The number of aryl methyl sites for hydroxylation is 1. The number of hydrogen-bond acceptors (Lipinski definition) is 4. The molecule has 0 radical (unpaired) electrons. The van der Waals surface area contributed by atoms with E-state index in [1.807, 2.05) is 6.07 Å². The van der Waals surface area contributed by atoms with E-state index in [1.54, 1.807) is 32.2 Å². The van der Waals surface area contributed by atoms with Crippen molar-refractivity contribution in [2.24, 2.45) is 0 Å². The number of ether oxygens (including phenoxy) is 1. The molecule has 1 aliphatic carbocycles. The van der Waals surface area contributed by atoms with E-state index in [4.69, 9.17) is 4.74 Å². The first-order valence-electron chi connectivity index (χ1n) is 11.4. The zero-order chi connectivity index (χ0) is 22.7. The Morgan fingerprint density at radius 3 is 2.61 bits per heavy atom. The second-order valence-corrected chi connectivity index (χ2v) is 10.6. The van der Waals surface area contributed by atoms with E-state index >= 15 is 0 Å². The normalized spacial score (nSPS) is 15.7. The molecule has 1 unspecified atom stereocenters. The van der Waals surface area contributed by atoms with E-state index in [9.17, 15) is 8.42 Å². The van der Waals surface area contributed by atoms with Gasteiger partial charge in [-0.1, -0.05) is 38.1 Å². The van der Waals surface area contributed by atoms with E-state index in [0.717, 1.165) is 36.5 Å². The molecule has 2 aromatic carbocycles. The van der Waals surface area contributed by atoms with Crippen LogP contribution in [0.15, 0.2) is 59.5 Å². The van der Waals surface area contributed by atoms with Gasteiger partial charge >= 0.3 is 0 Å². The van der Waals surface area contributed by atoms with Crippen LogP contribution in [0.5, 0.6) is 5.75 Å². The van der Waals surface area contributed by atoms with Crippen LogP contribution in [-0.2, 0) is 22.8 Å². The quantitative estimate of drug-likeness (QED) is 0.435. The summed E-state index contributed by atoms with van der Waals surface area (Å²) in [6.07, 6.45) is 3.54. The highest BCUT2D eigenvalue weighted by atomic mass is 35.5. The number of aromatic amines is 1. The van der Waals surface area contributed by atoms with Gasteiger partial charge in [-0.3, -0.25) is 4.90 Å². The lowest BCUT2D eigenvalue weighted by Gasteiger charge is -2.35. The van der Waals surface area contributed by atoms with Crippen LogP contribution in [0, 0.1) is 0 Å². The van der Waals surface area contributed by atoms with Gasteiger partial charge in [-0.25, -0.2) is 8.42 Å². The standard InChI is InChI=1S/C26H32N2O3S.ClH/c1-4-28(25-12-8-10-19-9-6-7-11-22(19)25)18-20-13-15-24(27-20)23-17-21(32(29,30)5-2)14-16-26(23)31-3;/h6-7,9,11,13-17,25,27H,4-5,8,10,12,18H2,1-3H3;1H. The van der Waals surface area contributed by atoms with Crippen LogP contribution in [0.3, 0.4) is 0 Å². The van der Waals surface area contributed by atoms with Crippen molar-refractivity contribution in [3.8, 4) is 17.0 Å². The van der Waals surface area contributed by atoms with Gasteiger partial charge in [-0.05, 0) is 67.3 Å². The Balaban J connectivity index is 0.00000306. The molecule has 0 saturated carbocycles. The smallest absolute Gasteiger partial charge is 0.178 e. The molecule has 0 bridgehead atoms. The minimum atomic E-state index is -3.29. The van der Waals surface area contributed by atoms with Crippen LogP contribution in [0.4, 0.5) is 0 Å². The van der Waals surface area contributed by atoms with Crippen molar-refractivity contribution in [2.45, 2.75) is 50.6 Å². The summed E-state index contributed by atoms with van der Waals surface area (Å²) in [7, 11) is -1.68. The van der Waals surface area contributed by atoms with E-state index < -0.39 is 9.84 Å². The largest absolute Gasteiger partial charge is 0.496 e. The van der Waals surface area contributed by atoms with Gasteiger partial charge in [0.05, 0.1) is 17.8 Å². The number of fused-ring (bicyclic) bond motifs is 1. The fourth-order valence-corrected chi connectivity index (χ4v) is 5.62. The van der Waals surface area contributed by atoms with Gasteiger partial charge in [0, 0.05) is 29.5 Å². The van der Waals surface area contributed by atoms with Crippen LogP contribution in [0.2, 0.25) is 0 Å². The number of H-pyrrole nitrogens is 1. The van der Waals surface area contributed by atoms with Gasteiger partial charge in [0.25, 0.3) is 0 Å². The maximum absolute atomic E-state index is 12.4. The monoisotopic (exact) mass is 488 g/mol. The highest BCUT2D eigenvalue weighted by Crippen LogP contribution is 2.36. The molecule has 0 fully saturated rings. The van der Waals surface area contributed by atoms with E-state index in [2.05, 4.69) is 47.1 Å². The third-order valence-corrected chi connectivity index (χ3v) is 8.24. The van der Waals surface area contributed by atoms with Crippen LogP contribution < -0.4 is 4.74 Å². The summed E-state index contributed by atoms with van der Waals surface area (Å²) in [6, 6.07) is 18.4. The summed E-state index contributed by atoms with van der Waals surface area (Å²) in [5.41, 5.74) is 5.65. The topological polar surface area (TPSA) is 62.4 Å². The summed E-state index contributed by atoms with van der Waals surface area (Å²) >= 11 is 0. The molecular formula is C26H33ClN2O3S. The lowest BCUT2D eigenvalue weighted by molar-refractivity contribution is 0.177. The molecule has 3 aromatic rings. The Morgan fingerprint density at radius 1 is 1.09 bits per heavy atom. The molecule has 7 heteroatoms. The molecule has 0 amide bonds. The van der Waals surface area contributed by atoms with E-state index in [1.165, 1.54) is 24.0 Å². The summed E-state index contributed by atoms with van der Waals surface area (Å²) in [5, 5.41) is 0. The number of sulfone groups is 1. The second kappa shape index (κ2) is 10.8. The Hall–Kier alpha value is -2.28. The number of methoxy groups -OCH3 is 1. The van der Waals surface area contributed by atoms with E-state index in [0.29, 0.717) is 16.7 Å². The minimum Gasteiger partial charge on any atom is -0.496 e. The van der Waals surface area contributed by atoms with Crippen LogP contribution in [0.25, 0.3) is 11.3 Å². The van der Waals surface area contributed by atoms with Crippen LogP contribution in [0.1, 0.15) is 49.6 Å². The summed E-state index contributed by atoms with van der Waals surface area (Å²) < 4.78 is 30.3. The van der Waals surface area contributed by atoms with Gasteiger partial charge in [0.1, 0.15) is 5.75 Å². The molecule has 1 aliphatic rings. The SMILES string of the molecule is CCN(Cc1ccc(-c2cc(S(=O)(=O)CC)ccc2OC)[nH]1)C1CCCc2ccccc21.Cl. The molecule has 33 heavy (non-hydrogen) atoms. The molecule has 1 N–H and O–H groups in total. The third-order valence-electron chi connectivity index (χ3n) is 6.50. The Kier molecular flexibility index (Phi) is 8.27. The van der Waals surface area contributed by atoms with Gasteiger partial charge in [0.15, 0.2) is 9.84 Å². The number of nitrogens with one attached hydrogen (secondary N) is 1. The maximum Gasteiger partial charge on any atom is 0.178 e. The summed E-state index contributed by atoms with van der Waals surface area (Å²) in [4.78, 5) is 6.35. The van der Waals surface area contributed by atoms with Crippen LogP contribution >= 0.6 is 12.4 Å². The molecule has 0 spiro atoms. The third kappa shape index (κ3) is 5.29. The first kappa shape index (κ1) is 25.3. The minimum absolute atomic E-state index is 0. The Morgan fingerprint density at radius 2 is 1.88 bits per heavy atom. The van der Waals surface area contributed by atoms with Crippen molar-refractivity contribution in [3.63, 3.8) is 0 Å². The second-order valence-electron chi connectivity index (χ2n) is 8.33. The molecule has 5 nitrogen and oxygen atoms in total. The molecule has 0 aliphatic heterocycles. The average molecular weight is 489 g/mol. The molecule has 178 valence electrons. The number of halogens is 1. The molecule has 1 atom stereocenters. The molecular weight excluding hydrogens is 456 g/mol. The number of rotatable bonds is 8. The lowest BCUT2D eigenvalue weighted by Crippen LogP contribution is -2.31. The first-order valence-corrected chi connectivity index (χ1v) is 13.0. The van der Waals surface area contributed by atoms with Crippen molar-refractivity contribution in [2.75, 3.05) is 19.4 Å². The number of nitrogens with zero attached hydrogens (tertiary/aromatic N) is 1. The fraction of sp³-hybridized carbons (Fsp3) is 0.385. The predicted octanol–water partition coefficient (Wildman–Crippen LogP) is 5.81. The van der Waals surface area contributed by atoms with Gasteiger partial charge in [0.2, 0.25) is 0 Å². The first-order chi connectivity index (χ1) is 15.5. The lowest BCUT2D eigenvalue weighted by atomic mass is 9.86. The Bertz CT molecular complexity index is 1190. The molecule has 0 saturated heterocycles. The summed E-state index contributed by atoms with van der Waals surface area (Å²) in [5.74, 6) is 0.727. The zero-order valence-electron chi connectivity index (χ0n) is 19.5. The van der Waals surface area contributed by atoms with Gasteiger partial charge in [-0.15, -0.1) is 12.4 Å². The average Bonchev–Trinajstić information content (AvgIpc) is 3.30.